The summed E-state index contributed by atoms with van der Waals surface area (Å²) >= 11 is 0. The number of esters is 1. The van der Waals surface area contributed by atoms with Crippen molar-refractivity contribution in [3.05, 3.63) is 24.1 Å². The largest absolute Gasteiger partial charge is 0.462 e. The molecule has 0 amide bonds. The van der Waals surface area contributed by atoms with Crippen molar-refractivity contribution in [3.63, 3.8) is 0 Å². The van der Waals surface area contributed by atoms with Gasteiger partial charge in [0, 0.05) is 0 Å². The van der Waals surface area contributed by atoms with Crippen LogP contribution in [0.15, 0.2) is 24.1 Å². The second-order valence-corrected chi connectivity index (χ2v) is 8.57. The molecule has 2 fully saturated rings. The van der Waals surface area contributed by atoms with Crippen molar-refractivity contribution in [2.45, 2.75) is 96.5 Å². The first-order valence-corrected chi connectivity index (χ1v) is 11.2. The van der Waals surface area contributed by atoms with Gasteiger partial charge in [-0.25, -0.2) is 0 Å². The summed E-state index contributed by atoms with van der Waals surface area (Å²) in [5, 5.41) is 8.35. The van der Waals surface area contributed by atoms with Crippen molar-refractivity contribution < 1.29 is 13.9 Å². The lowest BCUT2D eigenvalue weighted by Gasteiger charge is -2.31. The average molecular weight is 390 g/mol. The minimum Gasteiger partial charge on any atom is -0.462 e. The van der Waals surface area contributed by atoms with Crippen molar-refractivity contribution in [1.82, 2.24) is 0 Å². The van der Waals surface area contributed by atoms with Gasteiger partial charge in [0.25, 0.3) is 0 Å². The monoisotopic (exact) mass is 389 g/mol. The Morgan fingerprint density at radius 3 is 2.36 bits per heavy atom. The molecule has 0 atom stereocenters. The summed E-state index contributed by atoms with van der Waals surface area (Å²) in [6.45, 7) is 2.24. The summed E-state index contributed by atoms with van der Waals surface area (Å²) in [5.74, 6) is 0.827. The zero-order valence-corrected chi connectivity index (χ0v) is 17.4. The summed E-state index contributed by atoms with van der Waals surface area (Å²) in [4.78, 5) is 12.5. The minimum absolute atomic E-state index is 0.0347. The van der Waals surface area contributed by atoms with Gasteiger partial charge in [0.1, 0.15) is 12.2 Å². The molecule has 0 aromatic heterocycles. The Balaban J connectivity index is 1.60. The molecular formula is C24H36FNO2. The third-order valence-electron chi connectivity index (χ3n) is 6.45. The third-order valence-corrected chi connectivity index (χ3v) is 6.45. The quantitative estimate of drug-likeness (QED) is 0.247. The molecule has 0 saturated heterocycles. The fourth-order valence-corrected chi connectivity index (χ4v) is 4.60. The number of hydrogen-bond acceptors (Lipinski definition) is 3. The molecule has 0 aromatic carbocycles. The Labute approximate surface area is 170 Å². The number of hydrogen-bond donors (Lipinski definition) is 0. The molecule has 0 spiro atoms. The van der Waals surface area contributed by atoms with E-state index >= 15 is 0 Å². The lowest BCUT2D eigenvalue weighted by Crippen LogP contribution is -2.30. The van der Waals surface area contributed by atoms with Gasteiger partial charge < -0.3 is 4.74 Å². The van der Waals surface area contributed by atoms with Crippen molar-refractivity contribution >= 4 is 5.97 Å². The number of allylic oxidation sites excluding steroid dienone is 4. The lowest BCUT2D eigenvalue weighted by atomic mass is 9.80. The van der Waals surface area contributed by atoms with Crippen LogP contribution < -0.4 is 0 Å². The van der Waals surface area contributed by atoms with E-state index in [1.807, 2.05) is 6.08 Å². The van der Waals surface area contributed by atoms with Crippen LogP contribution in [-0.4, -0.2) is 12.1 Å². The standard InChI is InChI=1S/C24H36FNO2/c1-2-3-7-19-12-16-23(17-13-19)28-24(27)21-14-10-20(11-15-21)8-5-4-6-9-22(25)18-26/h4,6,9,19-21,23H,2-3,5,7-8,10-17H2,1H3. The molecule has 0 aromatic rings. The van der Waals surface area contributed by atoms with Crippen LogP contribution in [0, 0.1) is 29.1 Å². The summed E-state index contributed by atoms with van der Waals surface area (Å²) in [5.41, 5.74) is 0. The van der Waals surface area contributed by atoms with Crippen LogP contribution in [0.1, 0.15) is 90.4 Å². The number of unbranched alkanes of at least 4 members (excludes halogenated alkanes) is 1. The topological polar surface area (TPSA) is 50.1 Å². The van der Waals surface area contributed by atoms with Gasteiger partial charge in [0.2, 0.25) is 0 Å². The molecule has 0 heterocycles. The van der Waals surface area contributed by atoms with Crippen LogP contribution in [0.4, 0.5) is 4.39 Å². The number of nitrogens with zero attached hydrogens (tertiary/aromatic N) is 1. The highest BCUT2D eigenvalue weighted by Crippen LogP contribution is 2.34. The smallest absolute Gasteiger partial charge is 0.309 e. The second kappa shape index (κ2) is 12.8. The van der Waals surface area contributed by atoms with Crippen LogP contribution in [0.2, 0.25) is 0 Å². The van der Waals surface area contributed by atoms with Gasteiger partial charge in [-0.15, -0.1) is 0 Å². The van der Waals surface area contributed by atoms with E-state index in [-0.39, 0.29) is 18.0 Å². The second-order valence-electron chi connectivity index (χ2n) is 8.57. The Bertz CT molecular complexity index is 562. The molecule has 0 bridgehead atoms. The molecule has 2 aliphatic carbocycles. The Hall–Kier alpha value is -1.63. The van der Waals surface area contributed by atoms with E-state index in [1.165, 1.54) is 44.2 Å². The molecule has 0 aliphatic heterocycles. The van der Waals surface area contributed by atoms with E-state index < -0.39 is 5.83 Å². The molecule has 0 radical (unpaired) electrons. The van der Waals surface area contributed by atoms with Gasteiger partial charge in [0.05, 0.1) is 5.92 Å². The number of rotatable bonds is 9. The highest BCUT2D eigenvalue weighted by molar-refractivity contribution is 5.72. The highest BCUT2D eigenvalue weighted by Gasteiger charge is 2.30. The van der Waals surface area contributed by atoms with E-state index in [1.54, 1.807) is 6.08 Å². The van der Waals surface area contributed by atoms with Crippen molar-refractivity contribution in [3.8, 4) is 6.07 Å². The molecule has 2 aliphatic rings. The van der Waals surface area contributed by atoms with Crippen LogP contribution in [0.3, 0.4) is 0 Å². The molecule has 3 nitrogen and oxygen atoms in total. The maximum atomic E-state index is 12.7. The maximum absolute atomic E-state index is 12.7. The van der Waals surface area contributed by atoms with Crippen LogP contribution >= 0.6 is 0 Å². The van der Waals surface area contributed by atoms with Crippen LogP contribution in [0.25, 0.3) is 0 Å². The molecule has 0 N–H and O–H groups in total. The van der Waals surface area contributed by atoms with Gasteiger partial charge in [0.15, 0.2) is 5.83 Å². The van der Waals surface area contributed by atoms with Gasteiger partial charge in [-0.3, -0.25) is 4.79 Å². The van der Waals surface area contributed by atoms with E-state index in [4.69, 9.17) is 10.00 Å². The first kappa shape index (κ1) is 22.7. The molecule has 0 unspecified atom stereocenters. The predicted octanol–water partition coefficient (Wildman–Crippen LogP) is 6.80. The summed E-state index contributed by atoms with van der Waals surface area (Å²) < 4.78 is 18.5. The SMILES string of the molecule is CCCCC1CCC(OC(=O)C2CCC(CCC=CC=C(F)C#N)CC2)CC1. The number of halogens is 1. The summed E-state index contributed by atoms with van der Waals surface area (Å²) in [6.07, 6.45) is 19.3. The van der Waals surface area contributed by atoms with Crippen molar-refractivity contribution in [2.24, 2.45) is 17.8 Å². The summed E-state index contributed by atoms with van der Waals surface area (Å²) in [7, 11) is 0. The Kier molecular flexibility index (Phi) is 10.3. The normalized spacial score (nSPS) is 28.8. The zero-order valence-electron chi connectivity index (χ0n) is 17.4. The minimum atomic E-state index is -0.760. The maximum Gasteiger partial charge on any atom is 0.309 e. The molecular weight excluding hydrogens is 353 g/mol. The average Bonchev–Trinajstić information content (AvgIpc) is 2.73. The van der Waals surface area contributed by atoms with Crippen LogP contribution in [-0.2, 0) is 9.53 Å². The molecule has 2 saturated carbocycles. The van der Waals surface area contributed by atoms with E-state index in [0.717, 1.165) is 57.3 Å². The van der Waals surface area contributed by atoms with Crippen molar-refractivity contribution in [2.75, 3.05) is 0 Å². The van der Waals surface area contributed by atoms with Gasteiger partial charge in [-0.1, -0.05) is 38.3 Å². The molecule has 4 heteroatoms. The first-order chi connectivity index (χ1) is 13.6. The van der Waals surface area contributed by atoms with Gasteiger partial charge in [-0.05, 0) is 82.1 Å². The van der Waals surface area contributed by atoms with E-state index in [0.29, 0.717) is 5.92 Å². The van der Waals surface area contributed by atoms with E-state index in [9.17, 15) is 9.18 Å². The Morgan fingerprint density at radius 1 is 1.07 bits per heavy atom. The third kappa shape index (κ3) is 8.17. The molecule has 28 heavy (non-hydrogen) atoms. The van der Waals surface area contributed by atoms with Gasteiger partial charge >= 0.3 is 5.97 Å². The highest BCUT2D eigenvalue weighted by atomic mass is 19.1. The summed E-state index contributed by atoms with van der Waals surface area (Å²) in [6, 6.07) is 1.46. The van der Waals surface area contributed by atoms with Gasteiger partial charge in [-0.2, -0.15) is 9.65 Å². The fraction of sp³-hybridized carbons (Fsp3) is 0.750. The molecule has 2 rings (SSSR count). The lowest BCUT2D eigenvalue weighted by molar-refractivity contribution is -0.157. The Morgan fingerprint density at radius 2 is 1.71 bits per heavy atom. The number of carbonyl (C=O) groups excluding carboxylic acids is 1. The number of carbonyl (C=O) groups is 1. The number of nitriles is 1. The first-order valence-electron chi connectivity index (χ1n) is 11.2. The van der Waals surface area contributed by atoms with Crippen molar-refractivity contribution in [1.29, 1.82) is 5.26 Å². The zero-order chi connectivity index (χ0) is 20.2. The predicted molar refractivity (Wildman–Crippen MR) is 110 cm³/mol. The van der Waals surface area contributed by atoms with Crippen LogP contribution in [0.5, 0.6) is 0 Å². The number of ether oxygens (including phenoxy) is 1. The van der Waals surface area contributed by atoms with E-state index in [2.05, 4.69) is 6.92 Å². The fourth-order valence-electron chi connectivity index (χ4n) is 4.60. The molecule has 156 valence electrons.